The summed E-state index contributed by atoms with van der Waals surface area (Å²) in [5.74, 6) is -0.148. The molecule has 0 aromatic heterocycles. The molecular weight excluding hydrogens is 360 g/mol. The molecule has 3 rings (SSSR count). The predicted octanol–water partition coefficient (Wildman–Crippen LogP) is 2.82. The first-order chi connectivity index (χ1) is 12.9. The zero-order valence-corrected chi connectivity index (χ0v) is 16.6. The van der Waals surface area contributed by atoms with Crippen molar-refractivity contribution in [2.75, 3.05) is 13.1 Å². The topological polar surface area (TPSA) is 66.5 Å². The van der Waals surface area contributed by atoms with E-state index in [1.807, 2.05) is 43.3 Å². The molecule has 27 heavy (non-hydrogen) atoms. The van der Waals surface area contributed by atoms with E-state index in [2.05, 4.69) is 4.72 Å². The van der Waals surface area contributed by atoms with Crippen LogP contribution in [0.2, 0.25) is 0 Å². The van der Waals surface area contributed by atoms with Crippen molar-refractivity contribution in [1.29, 1.82) is 0 Å². The van der Waals surface area contributed by atoms with E-state index < -0.39 is 16.1 Å². The molecule has 1 heterocycles. The summed E-state index contributed by atoms with van der Waals surface area (Å²) in [5, 5.41) is 0. The van der Waals surface area contributed by atoms with Crippen LogP contribution in [0.3, 0.4) is 0 Å². The zero-order chi connectivity index (χ0) is 19.4. The van der Waals surface area contributed by atoms with E-state index in [4.69, 9.17) is 0 Å². The summed E-state index contributed by atoms with van der Waals surface area (Å²) < 4.78 is 28.7. The molecule has 1 atom stereocenters. The normalized spacial score (nSPS) is 15.7. The maximum Gasteiger partial charge on any atom is 0.241 e. The summed E-state index contributed by atoms with van der Waals surface area (Å²) in [7, 11) is -3.80. The van der Waals surface area contributed by atoms with Gasteiger partial charge in [-0.2, -0.15) is 4.72 Å². The van der Waals surface area contributed by atoms with Crippen molar-refractivity contribution in [2.24, 2.45) is 0 Å². The van der Waals surface area contributed by atoms with Gasteiger partial charge in [0.15, 0.2) is 0 Å². The van der Waals surface area contributed by atoms with Crippen LogP contribution in [0, 0.1) is 13.8 Å². The Labute approximate surface area is 161 Å². The summed E-state index contributed by atoms with van der Waals surface area (Å²) in [6.45, 7) is 5.08. The monoisotopic (exact) mass is 386 g/mol. The average Bonchev–Trinajstić information content (AvgIpc) is 3.15. The molecule has 0 unspecified atom stereocenters. The molecule has 0 radical (unpaired) electrons. The van der Waals surface area contributed by atoms with E-state index in [-0.39, 0.29) is 10.8 Å². The standard InChI is InChI=1S/C21H26N2O3S/c1-16-10-11-20(17(2)14-16)27(25,26)22-19(15-18-8-4-3-5-9-18)21(24)23-12-6-7-13-23/h3-5,8-11,14,19,22H,6-7,12-13,15H2,1-2H3/t19-/m0/s1. The summed E-state index contributed by atoms with van der Waals surface area (Å²) in [5.41, 5.74) is 2.60. The molecule has 1 aliphatic rings. The zero-order valence-electron chi connectivity index (χ0n) is 15.8. The summed E-state index contributed by atoms with van der Waals surface area (Å²) in [6.07, 6.45) is 2.27. The number of nitrogens with zero attached hydrogens (tertiary/aromatic N) is 1. The number of carbonyl (C=O) groups excluding carboxylic acids is 1. The number of nitrogens with one attached hydrogen (secondary N) is 1. The van der Waals surface area contributed by atoms with Crippen molar-refractivity contribution in [3.05, 3.63) is 65.2 Å². The van der Waals surface area contributed by atoms with Crippen molar-refractivity contribution < 1.29 is 13.2 Å². The number of aryl methyl sites for hydroxylation is 2. The minimum atomic E-state index is -3.80. The lowest BCUT2D eigenvalue weighted by Crippen LogP contribution is -2.49. The van der Waals surface area contributed by atoms with E-state index in [1.165, 1.54) is 0 Å². The second kappa shape index (κ2) is 8.23. The number of amides is 1. The lowest BCUT2D eigenvalue weighted by Gasteiger charge is -2.24. The van der Waals surface area contributed by atoms with Crippen LogP contribution in [0.25, 0.3) is 0 Å². The Hall–Kier alpha value is -2.18. The van der Waals surface area contributed by atoms with Crippen LogP contribution < -0.4 is 4.72 Å². The van der Waals surface area contributed by atoms with E-state index in [0.29, 0.717) is 25.1 Å². The molecular formula is C21H26N2O3S. The molecule has 1 fully saturated rings. The van der Waals surface area contributed by atoms with Gasteiger partial charge >= 0.3 is 0 Å². The molecule has 6 heteroatoms. The molecule has 0 saturated carbocycles. The van der Waals surface area contributed by atoms with Gasteiger partial charge in [-0.25, -0.2) is 8.42 Å². The highest BCUT2D eigenvalue weighted by atomic mass is 32.2. The Kier molecular flexibility index (Phi) is 5.97. The van der Waals surface area contributed by atoms with Crippen molar-refractivity contribution in [1.82, 2.24) is 9.62 Å². The fourth-order valence-electron chi connectivity index (χ4n) is 3.54. The Bertz CT molecular complexity index is 904. The lowest BCUT2D eigenvalue weighted by atomic mass is 10.1. The van der Waals surface area contributed by atoms with Gasteiger partial charge in [-0.15, -0.1) is 0 Å². The number of hydrogen-bond donors (Lipinski definition) is 1. The van der Waals surface area contributed by atoms with Crippen molar-refractivity contribution in [3.8, 4) is 0 Å². The Balaban J connectivity index is 1.88. The highest BCUT2D eigenvalue weighted by Gasteiger charge is 2.31. The SMILES string of the molecule is Cc1ccc(S(=O)(=O)N[C@@H](Cc2ccccc2)C(=O)N2CCCC2)c(C)c1. The first-order valence-corrected chi connectivity index (χ1v) is 10.8. The summed E-state index contributed by atoms with van der Waals surface area (Å²) in [6, 6.07) is 13.9. The summed E-state index contributed by atoms with van der Waals surface area (Å²) >= 11 is 0. The number of carbonyl (C=O) groups is 1. The van der Waals surface area contributed by atoms with Gasteiger partial charge in [0.2, 0.25) is 15.9 Å². The molecule has 0 bridgehead atoms. The van der Waals surface area contributed by atoms with Crippen molar-refractivity contribution in [2.45, 2.75) is 44.0 Å². The largest absolute Gasteiger partial charge is 0.341 e. The highest BCUT2D eigenvalue weighted by Crippen LogP contribution is 2.19. The van der Waals surface area contributed by atoms with Gasteiger partial charge in [-0.05, 0) is 50.3 Å². The predicted molar refractivity (Wildman–Crippen MR) is 106 cm³/mol. The van der Waals surface area contributed by atoms with Gasteiger partial charge < -0.3 is 4.90 Å². The smallest absolute Gasteiger partial charge is 0.241 e. The number of sulfonamides is 1. The molecule has 2 aromatic carbocycles. The fourth-order valence-corrected chi connectivity index (χ4v) is 4.95. The van der Waals surface area contributed by atoms with Crippen LogP contribution in [0.15, 0.2) is 53.4 Å². The van der Waals surface area contributed by atoms with Gasteiger partial charge in [0, 0.05) is 13.1 Å². The molecule has 5 nitrogen and oxygen atoms in total. The molecule has 144 valence electrons. The maximum absolute atomic E-state index is 13.0. The van der Waals surface area contributed by atoms with Gasteiger partial charge in [-0.3, -0.25) is 4.79 Å². The Morgan fingerprint density at radius 2 is 1.74 bits per heavy atom. The number of benzene rings is 2. The fraction of sp³-hybridized carbons (Fsp3) is 0.381. The molecule has 2 aromatic rings. The molecule has 0 spiro atoms. The first kappa shape index (κ1) is 19.6. The highest BCUT2D eigenvalue weighted by molar-refractivity contribution is 7.89. The third kappa shape index (κ3) is 4.76. The van der Waals surface area contributed by atoms with Crippen molar-refractivity contribution >= 4 is 15.9 Å². The molecule has 0 aliphatic carbocycles. The lowest BCUT2D eigenvalue weighted by molar-refractivity contribution is -0.131. The van der Waals surface area contributed by atoms with Gasteiger partial charge in [-0.1, -0.05) is 48.0 Å². The minimum absolute atomic E-state index is 0.148. The van der Waals surface area contributed by atoms with E-state index in [1.54, 1.807) is 24.0 Å². The van der Waals surface area contributed by atoms with Gasteiger partial charge in [0.25, 0.3) is 0 Å². The molecule has 1 saturated heterocycles. The second-order valence-electron chi connectivity index (χ2n) is 7.16. The van der Waals surface area contributed by atoms with E-state index in [0.717, 1.165) is 24.0 Å². The van der Waals surface area contributed by atoms with E-state index in [9.17, 15) is 13.2 Å². The third-order valence-electron chi connectivity index (χ3n) is 4.92. The van der Waals surface area contributed by atoms with Crippen LogP contribution in [0.5, 0.6) is 0 Å². The number of rotatable bonds is 6. The van der Waals surface area contributed by atoms with Crippen LogP contribution in [-0.4, -0.2) is 38.4 Å². The van der Waals surface area contributed by atoms with Crippen molar-refractivity contribution in [3.63, 3.8) is 0 Å². The Morgan fingerprint density at radius 3 is 2.37 bits per heavy atom. The molecule has 1 aliphatic heterocycles. The third-order valence-corrected chi connectivity index (χ3v) is 6.55. The number of likely N-dealkylation sites (tertiary alicyclic amines) is 1. The minimum Gasteiger partial charge on any atom is -0.341 e. The van der Waals surface area contributed by atoms with Gasteiger partial charge in [0.05, 0.1) is 4.90 Å². The maximum atomic E-state index is 13.0. The van der Waals surface area contributed by atoms with E-state index >= 15 is 0 Å². The summed E-state index contributed by atoms with van der Waals surface area (Å²) in [4.78, 5) is 15.0. The second-order valence-corrected chi connectivity index (χ2v) is 8.85. The van der Waals surface area contributed by atoms with Crippen LogP contribution >= 0.6 is 0 Å². The molecule has 1 N–H and O–H groups in total. The Morgan fingerprint density at radius 1 is 1.07 bits per heavy atom. The average molecular weight is 387 g/mol. The quantitative estimate of drug-likeness (QED) is 0.830. The van der Waals surface area contributed by atoms with Gasteiger partial charge in [0.1, 0.15) is 6.04 Å². The van der Waals surface area contributed by atoms with Crippen LogP contribution in [0.4, 0.5) is 0 Å². The van der Waals surface area contributed by atoms with Crippen LogP contribution in [0.1, 0.15) is 29.5 Å². The number of hydrogen-bond acceptors (Lipinski definition) is 3. The first-order valence-electron chi connectivity index (χ1n) is 9.29. The molecule has 1 amide bonds. The van der Waals surface area contributed by atoms with Crippen LogP contribution in [-0.2, 0) is 21.2 Å².